The van der Waals surface area contributed by atoms with Gasteiger partial charge in [-0.05, 0) is 41.0 Å². The van der Waals surface area contributed by atoms with Gasteiger partial charge in [0, 0.05) is 0 Å². The largest absolute Gasteiger partial charge is 0.458 e. The summed E-state index contributed by atoms with van der Waals surface area (Å²) in [7, 11) is 0. The number of carbonyl (C=O) groups excluding carboxylic acids is 1. The molecule has 1 atom stereocenters. The van der Waals surface area contributed by atoms with Crippen molar-refractivity contribution in [3.05, 3.63) is 12.2 Å². The average Bonchev–Trinajstić information content (AvgIpc) is 1.99. The first kappa shape index (κ1) is 14.2. The van der Waals surface area contributed by atoms with Gasteiger partial charge in [0.15, 0.2) is 6.10 Å². The Kier molecular flexibility index (Phi) is 5.58. The predicted molar refractivity (Wildman–Crippen MR) is 60.7 cm³/mol. The van der Waals surface area contributed by atoms with E-state index in [1.54, 1.807) is 6.92 Å². The zero-order chi connectivity index (χ0) is 12.1. The summed E-state index contributed by atoms with van der Waals surface area (Å²) in [5, 5.41) is 0. The van der Waals surface area contributed by atoms with Crippen LogP contribution in [0.25, 0.3) is 0 Å². The third-order valence-corrected chi connectivity index (χ3v) is 1.64. The maximum absolute atomic E-state index is 11.5. The molecule has 0 aliphatic rings. The van der Waals surface area contributed by atoms with Crippen LogP contribution in [0.4, 0.5) is 0 Å². The number of rotatable bonds is 5. The van der Waals surface area contributed by atoms with Gasteiger partial charge >= 0.3 is 5.97 Å². The van der Waals surface area contributed by atoms with Crippen LogP contribution in [-0.2, 0) is 14.3 Å². The highest BCUT2D eigenvalue weighted by Gasteiger charge is 2.21. The normalized spacial score (nSPS) is 13.4. The minimum absolute atomic E-state index is 0.316. The second-order valence-corrected chi connectivity index (χ2v) is 4.75. The Morgan fingerprint density at radius 3 is 2.33 bits per heavy atom. The predicted octanol–water partition coefficient (Wildman–Crippen LogP) is 2.70. The molecule has 0 heterocycles. The summed E-state index contributed by atoms with van der Waals surface area (Å²) in [5.74, 6) is -0.316. The lowest BCUT2D eigenvalue weighted by atomic mass is 10.2. The van der Waals surface area contributed by atoms with Gasteiger partial charge in [0.25, 0.3) is 0 Å². The molecule has 0 N–H and O–H groups in total. The standard InChI is InChI=1S/C12H22O3/c1-9(2)7-8-14-10(3)11(13)15-12(4,5)6/h10H,1,7-8H2,2-6H3. The Balaban J connectivity index is 3.85. The fourth-order valence-electron chi connectivity index (χ4n) is 0.863. The van der Waals surface area contributed by atoms with E-state index in [1.807, 2.05) is 27.7 Å². The zero-order valence-electron chi connectivity index (χ0n) is 10.4. The molecule has 0 radical (unpaired) electrons. The van der Waals surface area contributed by atoms with Crippen LogP contribution in [-0.4, -0.2) is 24.3 Å². The SMILES string of the molecule is C=C(C)CCOC(C)C(=O)OC(C)(C)C. The summed E-state index contributed by atoms with van der Waals surface area (Å²) in [4.78, 5) is 11.5. The summed E-state index contributed by atoms with van der Waals surface area (Å²) >= 11 is 0. The van der Waals surface area contributed by atoms with Crippen molar-refractivity contribution < 1.29 is 14.3 Å². The maximum Gasteiger partial charge on any atom is 0.335 e. The Hall–Kier alpha value is -0.830. The van der Waals surface area contributed by atoms with E-state index in [0.29, 0.717) is 6.61 Å². The van der Waals surface area contributed by atoms with Crippen molar-refractivity contribution in [2.45, 2.75) is 52.7 Å². The second-order valence-electron chi connectivity index (χ2n) is 4.75. The molecule has 88 valence electrons. The Labute approximate surface area is 92.5 Å². The van der Waals surface area contributed by atoms with Crippen molar-refractivity contribution in [3.63, 3.8) is 0 Å². The van der Waals surface area contributed by atoms with Gasteiger partial charge in [-0.15, -0.1) is 6.58 Å². The molecule has 0 fully saturated rings. The molecule has 0 aromatic heterocycles. The van der Waals surface area contributed by atoms with Gasteiger partial charge in [0.2, 0.25) is 0 Å². The summed E-state index contributed by atoms with van der Waals surface area (Å²) in [6.45, 7) is 13.4. The van der Waals surface area contributed by atoms with E-state index in [0.717, 1.165) is 12.0 Å². The van der Waals surface area contributed by atoms with Crippen molar-refractivity contribution >= 4 is 5.97 Å². The smallest absolute Gasteiger partial charge is 0.335 e. The Bertz CT molecular complexity index is 226. The number of hydrogen-bond acceptors (Lipinski definition) is 3. The summed E-state index contributed by atoms with van der Waals surface area (Å²) in [5.41, 5.74) is 0.592. The number of esters is 1. The van der Waals surface area contributed by atoms with Crippen LogP contribution in [0.15, 0.2) is 12.2 Å². The Morgan fingerprint density at radius 2 is 1.93 bits per heavy atom. The van der Waals surface area contributed by atoms with Gasteiger partial charge in [-0.1, -0.05) is 5.57 Å². The maximum atomic E-state index is 11.5. The van der Waals surface area contributed by atoms with Crippen LogP contribution < -0.4 is 0 Å². The molecule has 0 rings (SSSR count). The van der Waals surface area contributed by atoms with Gasteiger partial charge in [-0.2, -0.15) is 0 Å². The molecule has 0 saturated carbocycles. The van der Waals surface area contributed by atoms with Gasteiger partial charge < -0.3 is 9.47 Å². The highest BCUT2D eigenvalue weighted by molar-refractivity contribution is 5.74. The molecule has 0 aliphatic heterocycles. The minimum Gasteiger partial charge on any atom is -0.458 e. The van der Waals surface area contributed by atoms with E-state index in [-0.39, 0.29) is 5.97 Å². The highest BCUT2D eigenvalue weighted by Crippen LogP contribution is 2.10. The number of ether oxygens (including phenoxy) is 2. The van der Waals surface area contributed by atoms with E-state index in [2.05, 4.69) is 6.58 Å². The lowest BCUT2D eigenvalue weighted by Gasteiger charge is -2.22. The molecule has 0 aromatic carbocycles. The van der Waals surface area contributed by atoms with Crippen molar-refractivity contribution in [2.75, 3.05) is 6.61 Å². The molecule has 0 bridgehead atoms. The lowest BCUT2D eigenvalue weighted by Crippen LogP contribution is -2.32. The van der Waals surface area contributed by atoms with Crippen LogP contribution in [0, 0.1) is 0 Å². The molecule has 0 aromatic rings. The van der Waals surface area contributed by atoms with E-state index in [4.69, 9.17) is 9.47 Å². The molecular formula is C12H22O3. The fraction of sp³-hybridized carbons (Fsp3) is 0.750. The zero-order valence-corrected chi connectivity index (χ0v) is 10.4. The first-order valence-corrected chi connectivity index (χ1v) is 5.21. The number of hydrogen-bond donors (Lipinski definition) is 0. The van der Waals surface area contributed by atoms with E-state index >= 15 is 0 Å². The van der Waals surface area contributed by atoms with Crippen LogP contribution in [0.2, 0.25) is 0 Å². The fourth-order valence-corrected chi connectivity index (χ4v) is 0.863. The van der Waals surface area contributed by atoms with Crippen LogP contribution in [0.3, 0.4) is 0 Å². The summed E-state index contributed by atoms with van der Waals surface area (Å²) in [6.07, 6.45) is 0.260. The van der Waals surface area contributed by atoms with E-state index < -0.39 is 11.7 Å². The Morgan fingerprint density at radius 1 is 1.40 bits per heavy atom. The molecule has 0 aliphatic carbocycles. The molecule has 0 amide bonds. The van der Waals surface area contributed by atoms with Crippen molar-refractivity contribution in [1.29, 1.82) is 0 Å². The molecule has 3 heteroatoms. The van der Waals surface area contributed by atoms with Gasteiger partial charge in [-0.25, -0.2) is 4.79 Å². The van der Waals surface area contributed by atoms with Gasteiger partial charge in [0.1, 0.15) is 5.60 Å². The molecule has 0 spiro atoms. The van der Waals surface area contributed by atoms with Crippen molar-refractivity contribution in [2.24, 2.45) is 0 Å². The second kappa shape index (κ2) is 5.91. The third kappa shape index (κ3) is 8.18. The summed E-state index contributed by atoms with van der Waals surface area (Å²) < 4.78 is 10.5. The van der Waals surface area contributed by atoms with Gasteiger partial charge in [-0.3, -0.25) is 0 Å². The van der Waals surface area contributed by atoms with Crippen LogP contribution in [0.5, 0.6) is 0 Å². The highest BCUT2D eigenvalue weighted by atomic mass is 16.6. The average molecular weight is 214 g/mol. The first-order chi connectivity index (χ1) is 6.72. The first-order valence-electron chi connectivity index (χ1n) is 5.21. The molecule has 3 nitrogen and oxygen atoms in total. The van der Waals surface area contributed by atoms with E-state index in [9.17, 15) is 4.79 Å². The minimum atomic E-state index is -0.511. The topological polar surface area (TPSA) is 35.5 Å². The van der Waals surface area contributed by atoms with Crippen LogP contribution >= 0.6 is 0 Å². The summed E-state index contributed by atoms with van der Waals surface area (Å²) in [6, 6.07) is 0. The van der Waals surface area contributed by atoms with Crippen molar-refractivity contribution in [3.8, 4) is 0 Å². The lowest BCUT2D eigenvalue weighted by molar-refractivity contribution is -0.167. The molecule has 15 heavy (non-hydrogen) atoms. The number of carbonyl (C=O) groups is 1. The molecule has 1 unspecified atom stereocenters. The third-order valence-electron chi connectivity index (χ3n) is 1.64. The molecule has 0 saturated heterocycles. The monoisotopic (exact) mass is 214 g/mol. The quantitative estimate of drug-likeness (QED) is 0.521. The molecular weight excluding hydrogens is 192 g/mol. The van der Waals surface area contributed by atoms with E-state index in [1.165, 1.54) is 0 Å². The van der Waals surface area contributed by atoms with Gasteiger partial charge in [0.05, 0.1) is 6.61 Å². The van der Waals surface area contributed by atoms with Crippen LogP contribution in [0.1, 0.15) is 41.0 Å². The van der Waals surface area contributed by atoms with Crippen molar-refractivity contribution in [1.82, 2.24) is 0 Å².